The number of hydrogen-bond acceptors (Lipinski definition) is 1. The quantitative estimate of drug-likeness (QED) is 0.776. The summed E-state index contributed by atoms with van der Waals surface area (Å²) in [5.41, 5.74) is 1.21. The summed E-state index contributed by atoms with van der Waals surface area (Å²) < 4.78 is 0. The molecule has 1 amide bonds. The second kappa shape index (κ2) is 3.70. The number of benzene rings is 1. The van der Waals surface area contributed by atoms with Gasteiger partial charge in [0.1, 0.15) is 0 Å². The topological polar surface area (TPSA) is 40.5 Å². The lowest BCUT2D eigenvalue weighted by Gasteiger charge is -2.38. The van der Waals surface area contributed by atoms with Gasteiger partial charge in [-0.2, -0.15) is 0 Å². The summed E-state index contributed by atoms with van der Waals surface area (Å²) in [5.74, 6) is 0. The van der Waals surface area contributed by atoms with Crippen LogP contribution in [-0.2, 0) is 6.42 Å². The summed E-state index contributed by atoms with van der Waals surface area (Å²) >= 11 is 0. The molecule has 2 rings (SSSR count). The third-order valence-corrected chi connectivity index (χ3v) is 2.70. The van der Waals surface area contributed by atoms with Gasteiger partial charge in [0, 0.05) is 12.6 Å². The molecule has 1 unspecified atom stereocenters. The zero-order valence-electron chi connectivity index (χ0n) is 7.89. The fourth-order valence-corrected chi connectivity index (χ4v) is 1.79. The van der Waals surface area contributed by atoms with E-state index in [1.165, 1.54) is 10.5 Å². The van der Waals surface area contributed by atoms with Crippen LogP contribution in [0, 0.1) is 0 Å². The van der Waals surface area contributed by atoms with Crippen molar-refractivity contribution in [3.63, 3.8) is 0 Å². The zero-order valence-corrected chi connectivity index (χ0v) is 7.89. The Labute approximate surface area is 83.0 Å². The Bertz CT molecular complexity index is 323. The summed E-state index contributed by atoms with van der Waals surface area (Å²) in [4.78, 5) is 12.2. The van der Waals surface area contributed by atoms with Gasteiger partial charge in [0.05, 0.1) is 0 Å². The number of rotatable bonds is 2. The lowest BCUT2D eigenvalue weighted by molar-refractivity contribution is 0.0757. The van der Waals surface area contributed by atoms with Crippen molar-refractivity contribution in [2.75, 3.05) is 6.54 Å². The van der Waals surface area contributed by atoms with Crippen LogP contribution >= 0.6 is 0 Å². The molecule has 14 heavy (non-hydrogen) atoms. The van der Waals surface area contributed by atoms with Crippen molar-refractivity contribution in [1.29, 1.82) is 0 Å². The van der Waals surface area contributed by atoms with Gasteiger partial charge in [0.15, 0.2) is 0 Å². The van der Waals surface area contributed by atoms with E-state index >= 15 is 0 Å². The minimum absolute atomic E-state index is 0.190. The van der Waals surface area contributed by atoms with Gasteiger partial charge in [0.2, 0.25) is 0 Å². The van der Waals surface area contributed by atoms with Crippen LogP contribution in [-0.4, -0.2) is 28.7 Å². The van der Waals surface area contributed by atoms with Gasteiger partial charge in [-0.3, -0.25) is 0 Å². The smallest absolute Gasteiger partial charge is 0.407 e. The van der Waals surface area contributed by atoms with Crippen molar-refractivity contribution in [2.45, 2.75) is 18.9 Å². The van der Waals surface area contributed by atoms with Crippen LogP contribution in [0.2, 0.25) is 0 Å². The van der Waals surface area contributed by atoms with Crippen LogP contribution in [0.3, 0.4) is 0 Å². The first-order chi connectivity index (χ1) is 6.77. The molecule has 3 nitrogen and oxygen atoms in total. The van der Waals surface area contributed by atoms with Crippen LogP contribution in [0.15, 0.2) is 30.3 Å². The Morgan fingerprint density at radius 3 is 2.64 bits per heavy atom. The van der Waals surface area contributed by atoms with Crippen LogP contribution in [0.4, 0.5) is 4.79 Å². The van der Waals surface area contributed by atoms with Crippen LogP contribution in [0.5, 0.6) is 0 Å². The summed E-state index contributed by atoms with van der Waals surface area (Å²) in [6, 6.07) is 10.2. The van der Waals surface area contributed by atoms with E-state index in [9.17, 15) is 4.79 Å². The Hall–Kier alpha value is -1.51. The molecule has 0 saturated carbocycles. The SMILES string of the molecule is O=C(O)N1CCC1Cc1ccccc1. The summed E-state index contributed by atoms with van der Waals surface area (Å²) in [7, 11) is 0. The number of nitrogens with zero attached hydrogens (tertiary/aromatic N) is 1. The van der Waals surface area contributed by atoms with E-state index in [0.717, 1.165) is 12.8 Å². The van der Waals surface area contributed by atoms with E-state index in [4.69, 9.17) is 5.11 Å². The molecule has 74 valence electrons. The van der Waals surface area contributed by atoms with Crippen LogP contribution in [0.1, 0.15) is 12.0 Å². The first-order valence-electron chi connectivity index (χ1n) is 4.81. The van der Waals surface area contributed by atoms with E-state index < -0.39 is 6.09 Å². The van der Waals surface area contributed by atoms with Gasteiger partial charge in [-0.25, -0.2) is 4.79 Å². The molecule has 0 bridgehead atoms. The fourth-order valence-electron chi connectivity index (χ4n) is 1.79. The predicted octanol–water partition coefficient (Wildman–Crippen LogP) is 1.98. The standard InChI is InChI=1S/C11H13NO2/c13-11(14)12-7-6-10(12)8-9-4-2-1-3-5-9/h1-5,10H,6-8H2,(H,13,14). The van der Waals surface area contributed by atoms with Crippen LogP contribution in [0.25, 0.3) is 0 Å². The summed E-state index contributed by atoms with van der Waals surface area (Å²) in [6.07, 6.45) is 1.03. The molecule has 1 heterocycles. The van der Waals surface area contributed by atoms with Crippen molar-refractivity contribution in [3.8, 4) is 0 Å². The molecular formula is C11H13NO2. The first kappa shape index (κ1) is 9.06. The monoisotopic (exact) mass is 191 g/mol. The zero-order chi connectivity index (χ0) is 9.97. The molecule has 1 aliphatic rings. The Kier molecular flexibility index (Phi) is 2.39. The average molecular weight is 191 g/mol. The Morgan fingerprint density at radius 2 is 2.14 bits per heavy atom. The van der Waals surface area contributed by atoms with Crippen molar-refractivity contribution < 1.29 is 9.90 Å². The minimum atomic E-state index is -0.794. The van der Waals surface area contributed by atoms with Gasteiger partial charge < -0.3 is 10.0 Å². The summed E-state index contributed by atoms with van der Waals surface area (Å²) in [5, 5.41) is 8.81. The molecule has 0 aromatic heterocycles. The first-order valence-corrected chi connectivity index (χ1v) is 4.81. The number of likely N-dealkylation sites (tertiary alicyclic amines) is 1. The van der Waals surface area contributed by atoms with Crippen molar-refractivity contribution in [3.05, 3.63) is 35.9 Å². The van der Waals surface area contributed by atoms with Crippen LogP contribution < -0.4 is 0 Å². The van der Waals surface area contributed by atoms with Gasteiger partial charge >= 0.3 is 6.09 Å². The number of carbonyl (C=O) groups is 1. The maximum atomic E-state index is 10.7. The van der Waals surface area contributed by atoms with E-state index in [1.807, 2.05) is 30.3 Å². The van der Waals surface area contributed by atoms with Crippen molar-refractivity contribution >= 4 is 6.09 Å². The molecule has 0 spiro atoms. The van der Waals surface area contributed by atoms with Gasteiger partial charge in [-0.15, -0.1) is 0 Å². The highest BCUT2D eigenvalue weighted by Crippen LogP contribution is 2.21. The fraction of sp³-hybridized carbons (Fsp3) is 0.364. The maximum Gasteiger partial charge on any atom is 0.407 e. The van der Waals surface area contributed by atoms with Gasteiger partial charge in [0.25, 0.3) is 0 Å². The van der Waals surface area contributed by atoms with E-state index in [0.29, 0.717) is 6.54 Å². The van der Waals surface area contributed by atoms with Crippen molar-refractivity contribution in [1.82, 2.24) is 4.90 Å². The van der Waals surface area contributed by atoms with Crippen molar-refractivity contribution in [2.24, 2.45) is 0 Å². The normalized spacial score (nSPS) is 20.3. The molecule has 1 atom stereocenters. The maximum absolute atomic E-state index is 10.7. The Morgan fingerprint density at radius 1 is 1.43 bits per heavy atom. The second-order valence-electron chi connectivity index (χ2n) is 3.61. The predicted molar refractivity (Wildman–Crippen MR) is 53.3 cm³/mol. The van der Waals surface area contributed by atoms with E-state index in [1.54, 1.807) is 0 Å². The largest absolute Gasteiger partial charge is 0.465 e. The molecule has 1 aromatic carbocycles. The molecule has 1 fully saturated rings. The summed E-state index contributed by atoms with van der Waals surface area (Å²) in [6.45, 7) is 0.687. The molecule has 0 aliphatic carbocycles. The number of carboxylic acid groups (broad SMARTS) is 1. The lowest BCUT2D eigenvalue weighted by atomic mass is 9.96. The number of hydrogen-bond donors (Lipinski definition) is 1. The highest BCUT2D eigenvalue weighted by atomic mass is 16.4. The molecule has 1 saturated heterocycles. The highest BCUT2D eigenvalue weighted by Gasteiger charge is 2.31. The third-order valence-electron chi connectivity index (χ3n) is 2.70. The molecule has 3 heteroatoms. The van der Waals surface area contributed by atoms with E-state index in [-0.39, 0.29) is 6.04 Å². The minimum Gasteiger partial charge on any atom is -0.465 e. The number of amides is 1. The molecule has 1 N–H and O–H groups in total. The Balaban J connectivity index is 1.96. The second-order valence-corrected chi connectivity index (χ2v) is 3.61. The van der Waals surface area contributed by atoms with E-state index in [2.05, 4.69) is 0 Å². The van der Waals surface area contributed by atoms with Gasteiger partial charge in [-0.05, 0) is 18.4 Å². The molecule has 0 radical (unpaired) electrons. The molecular weight excluding hydrogens is 178 g/mol. The highest BCUT2D eigenvalue weighted by molar-refractivity contribution is 5.66. The molecule has 1 aliphatic heterocycles. The van der Waals surface area contributed by atoms with Gasteiger partial charge in [-0.1, -0.05) is 30.3 Å². The molecule has 1 aromatic rings. The lowest BCUT2D eigenvalue weighted by Crippen LogP contribution is -2.51. The average Bonchev–Trinajstić information content (AvgIpc) is 2.13. The third kappa shape index (κ3) is 1.71.